The highest BCUT2D eigenvalue weighted by Crippen LogP contribution is 2.06. The quantitative estimate of drug-likeness (QED) is 0.404. The molecule has 0 saturated carbocycles. The molecular weight excluding hydrogens is 168 g/mol. The van der Waals surface area contributed by atoms with Gasteiger partial charge in [-0.1, -0.05) is 5.16 Å². The third-order valence-electron chi connectivity index (χ3n) is 2.33. The van der Waals surface area contributed by atoms with Crippen LogP contribution in [0.4, 0.5) is 0 Å². The van der Waals surface area contributed by atoms with Gasteiger partial charge in [0.15, 0.2) is 0 Å². The van der Waals surface area contributed by atoms with Gasteiger partial charge in [0.2, 0.25) is 0 Å². The molecule has 0 bridgehead atoms. The summed E-state index contributed by atoms with van der Waals surface area (Å²) >= 11 is 0. The van der Waals surface area contributed by atoms with Crippen LogP contribution in [0.5, 0.6) is 0 Å². The van der Waals surface area contributed by atoms with E-state index in [1.807, 2.05) is 6.92 Å². The van der Waals surface area contributed by atoms with Gasteiger partial charge in [0.05, 0.1) is 12.3 Å². The highest BCUT2D eigenvalue weighted by molar-refractivity contribution is 5.84. The monoisotopic (exact) mass is 186 g/mol. The van der Waals surface area contributed by atoms with Crippen LogP contribution in [0.1, 0.15) is 19.8 Å². The maximum Gasteiger partial charge on any atom is 0.0596 e. The summed E-state index contributed by atoms with van der Waals surface area (Å²) in [5, 5.41) is 11.8. The zero-order chi connectivity index (χ0) is 9.52. The fourth-order valence-corrected chi connectivity index (χ4v) is 1.47. The minimum absolute atomic E-state index is 0.789. The van der Waals surface area contributed by atoms with Crippen molar-refractivity contribution >= 4 is 5.71 Å². The normalized spacial score (nSPS) is 19.0. The van der Waals surface area contributed by atoms with E-state index in [1.165, 1.54) is 0 Å². The van der Waals surface area contributed by atoms with Crippen molar-refractivity contribution in [1.82, 2.24) is 4.90 Å². The van der Waals surface area contributed by atoms with Gasteiger partial charge < -0.3 is 14.8 Å². The van der Waals surface area contributed by atoms with Crippen molar-refractivity contribution in [3.63, 3.8) is 0 Å². The first kappa shape index (κ1) is 10.5. The van der Waals surface area contributed by atoms with Crippen LogP contribution in [0, 0.1) is 0 Å². The van der Waals surface area contributed by atoms with E-state index in [4.69, 9.17) is 9.94 Å². The maximum absolute atomic E-state index is 8.54. The van der Waals surface area contributed by atoms with E-state index < -0.39 is 0 Å². The van der Waals surface area contributed by atoms with Crippen molar-refractivity contribution in [3.05, 3.63) is 0 Å². The zero-order valence-corrected chi connectivity index (χ0v) is 8.20. The van der Waals surface area contributed by atoms with Crippen molar-refractivity contribution in [2.24, 2.45) is 5.16 Å². The standard InChI is InChI=1S/C9H18N2O2/c1-2-13-8-7-11-5-3-9(10-12)4-6-11/h12H,2-8H2,1H3. The molecule has 1 heterocycles. The number of nitrogens with zero attached hydrogens (tertiary/aromatic N) is 2. The molecule has 1 fully saturated rings. The van der Waals surface area contributed by atoms with Gasteiger partial charge in [-0.05, 0) is 6.92 Å². The van der Waals surface area contributed by atoms with E-state index in [0.29, 0.717) is 0 Å². The lowest BCUT2D eigenvalue weighted by Crippen LogP contribution is -2.36. The lowest BCUT2D eigenvalue weighted by molar-refractivity contribution is 0.113. The van der Waals surface area contributed by atoms with Gasteiger partial charge in [-0.15, -0.1) is 0 Å². The van der Waals surface area contributed by atoms with Crippen LogP contribution in [-0.2, 0) is 4.74 Å². The molecule has 0 aromatic heterocycles. The third-order valence-corrected chi connectivity index (χ3v) is 2.33. The second-order valence-electron chi connectivity index (χ2n) is 3.20. The molecule has 1 saturated heterocycles. The van der Waals surface area contributed by atoms with Gasteiger partial charge in [0.1, 0.15) is 0 Å². The Morgan fingerprint density at radius 3 is 2.69 bits per heavy atom. The molecule has 0 aromatic rings. The molecule has 0 aromatic carbocycles. The smallest absolute Gasteiger partial charge is 0.0596 e. The molecule has 1 aliphatic heterocycles. The summed E-state index contributed by atoms with van der Waals surface area (Å²) in [5.41, 5.74) is 0.924. The summed E-state index contributed by atoms with van der Waals surface area (Å²) in [6.45, 7) is 6.58. The summed E-state index contributed by atoms with van der Waals surface area (Å²) < 4.78 is 5.27. The molecule has 0 aliphatic carbocycles. The second kappa shape index (κ2) is 5.94. The second-order valence-corrected chi connectivity index (χ2v) is 3.20. The minimum atomic E-state index is 0.789. The predicted octanol–water partition coefficient (Wildman–Crippen LogP) is 0.949. The van der Waals surface area contributed by atoms with Crippen LogP contribution < -0.4 is 0 Å². The Balaban J connectivity index is 2.10. The topological polar surface area (TPSA) is 45.1 Å². The Morgan fingerprint density at radius 1 is 1.46 bits per heavy atom. The third kappa shape index (κ3) is 3.74. The Kier molecular flexibility index (Phi) is 4.78. The van der Waals surface area contributed by atoms with E-state index in [0.717, 1.165) is 51.4 Å². The van der Waals surface area contributed by atoms with Crippen LogP contribution >= 0.6 is 0 Å². The first-order chi connectivity index (χ1) is 6.36. The molecule has 0 spiro atoms. The number of piperidine rings is 1. The van der Waals surface area contributed by atoms with Gasteiger partial charge in [0.25, 0.3) is 0 Å². The molecule has 13 heavy (non-hydrogen) atoms. The van der Waals surface area contributed by atoms with Gasteiger partial charge in [-0.3, -0.25) is 0 Å². The first-order valence-electron chi connectivity index (χ1n) is 4.86. The molecule has 76 valence electrons. The van der Waals surface area contributed by atoms with E-state index in [1.54, 1.807) is 0 Å². The Labute approximate surface area is 79.2 Å². The average Bonchev–Trinajstić information content (AvgIpc) is 2.19. The summed E-state index contributed by atoms with van der Waals surface area (Å²) in [7, 11) is 0. The molecule has 4 nitrogen and oxygen atoms in total. The van der Waals surface area contributed by atoms with Crippen molar-refractivity contribution in [2.45, 2.75) is 19.8 Å². The summed E-state index contributed by atoms with van der Waals surface area (Å²) in [6, 6.07) is 0. The number of ether oxygens (including phenoxy) is 1. The molecule has 0 atom stereocenters. The number of hydrogen-bond acceptors (Lipinski definition) is 4. The molecule has 1 aliphatic rings. The fraction of sp³-hybridized carbons (Fsp3) is 0.889. The summed E-state index contributed by atoms with van der Waals surface area (Å²) in [5.74, 6) is 0. The molecule has 4 heteroatoms. The van der Waals surface area contributed by atoms with Crippen LogP contribution in [0.3, 0.4) is 0 Å². The lowest BCUT2D eigenvalue weighted by atomic mass is 10.1. The van der Waals surface area contributed by atoms with Crippen molar-refractivity contribution in [2.75, 3.05) is 32.8 Å². The van der Waals surface area contributed by atoms with Gasteiger partial charge in [-0.2, -0.15) is 0 Å². The van der Waals surface area contributed by atoms with Crippen LogP contribution in [0.15, 0.2) is 5.16 Å². The minimum Gasteiger partial charge on any atom is -0.411 e. The van der Waals surface area contributed by atoms with Crippen LogP contribution in [-0.4, -0.2) is 48.7 Å². The largest absolute Gasteiger partial charge is 0.411 e. The van der Waals surface area contributed by atoms with Gasteiger partial charge in [-0.25, -0.2) is 0 Å². The predicted molar refractivity (Wildman–Crippen MR) is 51.4 cm³/mol. The summed E-state index contributed by atoms with van der Waals surface area (Å²) in [6.07, 6.45) is 1.78. The molecule has 1 rings (SSSR count). The van der Waals surface area contributed by atoms with Crippen molar-refractivity contribution < 1.29 is 9.94 Å². The van der Waals surface area contributed by atoms with Crippen molar-refractivity contribution in [3.8, 4) is 0 Å². The highest BCUT2D eigenvalue weighted by atomic mass is 16.5. The highest BCUT2D eigenvalue weighted by Gasteiger charge is 2.14. The van der Waals surface area contributed by atoms with Crippen molar-refractivity contribution in [1.29, 1.82) is 0 Å². The average molecular weight is 186 g/mol. The first-order valence-corrected chi connectivity index (χ1v) is 4.86. The fourth-order valence-electron chi connectivity index (χ4n) is 1.47. The summed E-state index contributed by atoms with van der Waals surface area (Å²) in [4.78, 5) is 2.34. The number of likely N-dealkylation sites (tertiary alicyclic amines) is 1. The van der Waals surface area contributed by atoms with E-state index in [-0.39, 0.29) is 0 Å². The molecule has 1 N–H and O–H groups in total. The van der Waals surface area contributed by atoms with E-state index in [2.05, 4.69) is 10.1 Å². The zero-order valence-electron chi connectivity index (χ0n) is 8.20. The van der Waals surface area contributed by atoms with Crippen LogP contribution in [0.25, 0.3) is 0 Å². The van der Waals surface area contributed by atoms with Gasteiger partial charge in [0, 0.05) is 39.1 Å². The van der Waals surface area contributed by atoms with Gasteiger partial charge >= 0.3 is 0 Å². The molecular formula is C9H18N2O2. The SMILES string of the molecule is CCOCCN1CCC(=NO)CC1. The Morgan fingerprint density at radius 2 is 2.15 bits per heavy atom. The van der Waals surface area contributed by atoms with Crippen LogP contribution in [0.2, 0.25) is 0 Å². The molecule has 0 amide bonds. The van der Waals surface area contributed by atoms with E-state index >= 15 is 0 Å². The molecule has 0 unspecified atom stereocenters. The maximum atomic E-state index is 8.54. The Bertz CT molecular complexity index is 161. The number of oxime groups is 1. The molecule has 0 radical (unpaired) electrons. The lowest BCUT2D eigenvalue weighted by Gasteiger charge is -2.26. The Hall–Kier alpha value is -0.610. The van der Waals surface area contributed by atoms with E-state index in [9.17, 15) is 0 Å². The number of rotatable bonds is 4. The number of hydrogen-bond donors (Lipinski definition) is 1.